The first-order valence-electron chi connectivity index (χ1n) is 8.05. The van der Waals surface area contributed by atoms with Crippen LogP contribution in [0.15, 0.2) is 72.8 Å². The van der Waals surface area contributed by atoms with Gasteiger partial charge in [-0.15, -0.1) is 0 Å². The lowest BCUT2D eigenvalue weighted by atomic mass is 9.97. The smallest absolute Gasteiger partial charge is 0.123 e. The lowest BCUT2D eigenvalue weighted by Gasteiger charge is -2.12. The number of phenolic OH excluding ortho intramolecular Hbond substituents is 1. The molecule has 0 aliphatic carbocycles. The van der Waals surface area contributed by atoms with Gasteiger partial charge in [0.05, 0.1) is 6.61 Å². The summed E-state index contributed by atoms with van der Waals surface area (Å²) in [6.07, 6.45) is 0.776. The van der Waals surface area contributed by atoms with E-state index in [2.05, 4.69) is 11.4 Å². The number of rotatable bonds is 6. The van der Waals surface area contributed by atoms with Crippen molar-refractivity contribution >= 4 is 5.69 Å². The minimum atomic E-state index is 0.300. The second kappa shape index (κ2) is 7.55. The third kappa shape index (κ3) is 3.69. The van der Waals surface area contributed by atoms with Gasteiger partial charge in [0.25, 0.3) is 0 Å². The van der Waals surface area contributed by atoms with Crippen LogP contribution in [0.4, 0.5) is 5.69 Å². The summed E-state index contributed by atoms with van der Waals surface area (Å²) < 4.78 is 5.84. The van der Waals surface area contributed by atoms with E-state index in [-0.39, 0.29) is 0 Å². The van der Waals surface area contributed by atoms with Gasteiger partial charge in [-0.25, -0.2) is 0 Å². The van der Waals surface area contributed by atoms with Crippen LogP contribution < -0.4 is 10.1 Å². The van der Waals surface area contributed by atoms with Gasteiger partial charge in [0.1, 0.15) is 11.5 Å². The van der Waals surface area contributed by atoms with Gasteiger partial charge in [-0.2, -0.15) is 0 Å². The lowest BCUT2D eigenvalue weighted by molar-refractivity contribution is 0.322. The molecule has 3 aromatic carbocycles. The molecule has 0 bridgehead atoms. The summed E-state index contributed by atoms with van der Waals surface area (Å²) in [5.41, 5.74) is 4.12. The maximum atomic E-state index is 10.1. The topological polar surface area (TPSA) is 41.5 Å². The van der Waals surface area contributed by atoms with Gasteiger partial charge < -0.3 is 15.2 Å². The first kappa shape index (κ1) is 15.9. The minimum absolute atomic E-state index is 0.300. The van der Waals surface area contributed by atoms with Crippen LogP contribution in [0.3, 0.4) is 0 Å². The number of benzene rings is 3. The van der Waals surface area contributed by atoms with Crippen LogP contribution in [0, 0.1) is 0 Å². The molecule has 0 aliphatic rings. The zero-order chi connectivity index (χ0) is 16.8. The van der Waals surface area contributed by atoms with Gasteiger partial charge in [0, 0.05) is 24.7 Å². The number of ether oxygens (including phenoxy) is 1. The zero-order valence-corrected chi connectivity index (χ0v) is 13.7. The Hall–Kier alpha value is -2.94. The predicted octanol–water partition coefficient (Wildman–Crippen LogP) is 4.72. The molecule has 0 atom stereocenters. The van der Waals surface area contributed by atoms with Crippen LogP contribution in [0.2, 0.25) is 0 Å². The number of anilines is 1. The Balaban J connectivity index is 1.70. The Morgan fingerprint density at radius 3 is 2.21 bits per heavy atom. The van der Waals surface area contributed by atoms with E-state index in [1.54, 1.807) is 6.07 Å². The van der Waals surface area contributed by atoms with E-state index in [0.717, 1.165) is 34.5 Å². The molecule has 2 N–H and O–H groups in total. The van der Waals surface area contributed by atoms with Crippen molar-refractivity contribution in [1.29, 1.82) is 0 Å². The minimum Gasteiger partial charge on any atom is -0.507 e. The second-order valence-corrected chi connectivity index (χ2v) is 5.55. The molecule has 0 unspecified atom stereocenters. The molecule has 0 radical (unpaired) electrons. The van der Waals surface area contributed by atoms with Gasteiger partial charge in [0.2, 0.25) is 0 Å². The molecule has 0 spiro atoms. The third-order valence-electron chi connectivity index (χ3n) is 3.99. The fourth-order valence-electron chi connectivity index (χ4n) is 2.70. The summed E-state index contributed by atoms with van der Waals surface area (Å²) in [6.45, 7) is 0.587. The van der Waals surface area contributed by atoms with E-state index in [1.165, 1.54) is 0 Å². The fourth-order valence-corrected chi connectivity index (χ4v) is 2.70. The van der Waals surface area contributed by atoms with Gasteiger partial charge in [-0.3, -0.25) is 0 Å². The molecule has 0 saturated heterocycles. The number of hydrogen-bond acceptors (Lipinski definition) is 3. The van der Waals surface area contributed by atoms with E-state index >= 15 is 0 Å². The van der Waals surface area contributed by atoms with Crippen LogP contribution in [-0.4, -0.2) is 18.8 Å². The van der Waals surface area contributed by atoms with Crippen molar-refractivity contribution in [1.82, 2.24) is 0 Å². The Bertz CT molecular complexity index is 797. The number of phenols is 1. The molecule has 122 valence electrons. The van der Waals surface area contributed by atoms with Crippen molar-refractivity contribution in [3.8, 4) is 22.6 Å². The summed E-state index contributed by atoms with van der Waals surface area (Å²) in [4.78, 5) is 0. The highest BCUT2D eigenvalue weighted by Crippen LogP contribution is 2.31. The van der Waals surface area contributed by atoms with Gasteiger partial charge in [-0.1, -0.05) is 42.5 Å². The second-order valence-electron chi connectivity index (χ2n) is 5.55. The fraction of sp³-hybridized carbons (Fsp3) is 0.143. The molecule has 24 heavy (non-hydrogen) atoms. The molecule has 0 amide bonds. The molecular formula is C21H21NO2. The normalized spacial score (nSPS) is 10.4. The Labute approximate surface area is 142 Å². The largest absolute Gasteiger partial charge is 0.507 e. The Morgan fingerprint density at radius 2 is 1.50 bits per heavy atom. The van der Waals surface area contributed by atoms with Gasteiger partial charge >= 0.3 is 0 Å². The molecular weight excluding hydrogens is 298 g/mol. The maximum Gasteiger partial charge on any atom is 0.123 e. The highest BCUT2D eigenvalue weighted by Gasteiger charge is 2.08. The monoisotopic (exact) mass is 319 g/mol. The van der Waals surface area contributed by atoms with Crippen LogP contribution >= 0.6 is 0 Å². The van der Waals surface area contributed by atoms with E-state index in [0.29, 0.717) is 12.4 Å². The van der Waals surface area contributed by atoms with Crippen molar-refractivity contribution in [3.63, 3.8) is 0 Å². The predicted molar refractivity (Wildman–Crippen MR) is 98.7 cm³/mol. The Kier molecular flexibility index (Phi) is 5.02. The number of para-hydroxylation sites is 1. The highest BCUT2D eigenvalue weighted by atomic mass is 16.5. The average molecular weight is 319 g/mol. The molecule has 3 nitrogen and oxygen atoms in total. The van der Waals surface area contributed by atoms with Crippen LogP contribution in [0.1, 0.15) is 5.56 Å². The molecule has 0 fully saturated rings. The molecule has 3 aromatic rings. The molecule has 3 rings (SSSR count). The van der Waals surface area contributed by atoms with E-state index in [9.17, 15) is 5.11 Å². The van der Waals surface area contributed by atoms with Crippen LogP contribution in [0.25, 0.3) is 11.1 Å². The molecule has 0 aliphatic heterocycles. The summed E-state index contributed by atoms with van der Waals surface area (Å²) in [5, 5.41) is 13.2. The average Bonchev–Trinajstić information content (AvgIpc) is 2.63. The molecule has 3 heteroatoms. The maximum absolute atomic E-state index is 10.1. The van der Waals surface area contributed by atoms with Crippen LogP contribution in [0.5, 0.6) is 11.5 Å². The number of hydrogen-bond donors (Lipinski definition) is 2. The lowest BCUT2D eigenvalue weighted by Crippen LogP contribution is -2.02. The van der Waals surface area contributed by atoms with E-state index in [1.807, 2.05) is 67.7 Å². The summed E-state index contributed by atoms with van der Waals surface area (Å²) in [6, 6.07) is 23.4. The van der Waals surface area contributed by atoms with Crippen molar-refractivity contribution < 1.29 is 9.84 Å². The summed E-state index contributed by atoms with van der Waals surface area (Å²) >= 11 is 0. The first-order chi connectivity index (χ1) is 11.8. The van der Waals surface area contributed by atoms with Crippen molar-refractivity contribution in [2.24, 2.45) is 0 Å². The molecule has 0 aromatic heterocycles. The standard InChI is InChI=1S/C21H21NO2/c1-22-17-10-12-18(13-11-17)24-15-14-16-6-2-3-7-19(16)20-8-4-5-9-21(20)23/h2-13,22-23H,14-15H2,1H3. The van der Waals surface area contributed by atoms with Gasteiger partial charge in [-0.05, 0) is 41.5 Å². The summed E-state index contributed by atoms with van der Waals surface area (Å²) in [5.74, 6) is 1.16. The third-order valence-corrected chi connectivity index (χ3v) is 3.99. The quantitative estimate of drug-likeness (QED) is 0.690. The van der Waals surface area contributed by atoms with E-state index in [4.69, 9.17) is 4.74 Å². The van der Waals surface area contributed by atoms with Crippen molar-refractivity contribution in [2.45, 2.75) is 6.42 Å². The molecule has 0 heterocycles. The molecule has 0 saturated carbocycles. The number of nitrogens with one attached hydrogen (secondary N) is 1. The zero-order valence-electron chi connectivity index (χ0n) is 13.7. The Morgan fingerprint density at radius 1 is 0.833 bits per heavy atom. The SMILES string of the molecule is CNc1ccc(OCCc2ccccc2-c2ccccc2O)cc1. The number of aromatic hydroxyl groups is 1. The van der Waals surface area contributed by atoms with Crippen LogP contribution in [-0.2, 0) is 6.42 Å². The van der Waals surface area contributed by atoms with Crippen molar-refractivity contribution in [2.75, 3.05) is 19.0 Å². The van der Waals surface area contributed by atoms with Gasteiger partial charge in [0.15, 0.2) is 0 Å². The summed E-state index contributed by atoms with van der Waals surface area (Å²) in [7, 11) is 1.89. The first-order valence-corrected chi connectivity index (χ1v) is 8.05. The highest BCUT2D eigenvalue weighted by molar-refractivity contribution is 5.72. The van der Waals surface area contributed by atoms with Crippen molar-refractivity contribution in [3.05, 3.63) is 78.4 Å². The van der Waals surface area contributed by atoms with E-state index < -0.39 is 0 Å².